The maximum absolute atomic E-state index is 15.0. The molecule has 43 heteroatoms. The molecule has 0 radical (unpaired) electrons. The van der Waals surface area contributed by atoms with E-state index in [0.29, 0.717) is 24.0 Å². The van der Waals surface area contributed by atoms with Crippen molar-refractivity contribution < 1.29 is 117 Å². The van der Waals surface area contributed by atoms with E-state index in [1.807, 2.05) is 0 Å². The molecule has 18 amide bonds. The standard InChI is InChI=1S/C96H157N19O24/c1-15-17-18-19-20-21-28-38-63(121)48-74(122)101-67(46-61-34-24-22-25-35-61)87(130)113-78(57(11)16-2)94(137)103-64-40-30-32-43-98-82(125)69(49-116)108-92(135)75(54(5)6)111-93(136)76(55(7)8)110-81(124)59(13)100-85(128)68(47-62-36-26-23-27-37-62)105-91(134)73-41-33-44-115(73)96(139)77(56(9)10)112-89(132)71(51-118)106-84(127)65(39-29-31-42-97)102-88(131)70(50-117)109-95(138)79(60(14)120)114-90(133)72(52-119)107-86(129)66(45-53(3)4)104-80(123)58(12)99-83(64)126/h22-27,34-37,53-60,63-73,75-79,116-121H,15-21,28-33,38-52,97H2,1-14H3,(H,98,125)(H,99,126)(H,100,128)(H,101,122)(H,102,131)(H,103,137)(H,104,123)(H,105,134)(H,106,127)(H,107,129)(H,108,135)(H,109,138)(H,110,124)(H,111,136)(H,112,132)(H,113,130)(H,114,133). The smallest absolute Gasteiger partial charge is 0.246 e. The number of aliphatic hydroxyl groups is 6. The molecule has 2 saturated heterocycles. The summed E-state index contributed by atoms with van der Waals surface area (Å²) in [5.74, 6) is -20.6. The van der Waals surface area contributed by atoms with Crippen molar-refractivity contribution in [2.45, 2.75) is 347 Å². The molecule has 2 aromatic carbocycles. The molecular formula is C96H157N19O24. The van der Waals surface area contributed by atoms with Gasteiger partial charge >= 0.3 is 0 Å². The minimum absolute atomic E-state index is 0.00400. The number of amides is 18. The van der Waals surface area contributed by atoms with E-state index in [0.717, 1.165) is 45.4 Å². The van der Waals surface area contributed by atoms with Crippen molar-refractivity contribution in [1.29, 1.82) is 0 Å². The zero-order chi connectivity index (χ0) is 104. The molecule has 43 nitrogen and oxygen atoms in total. The van der Waals surface area contributed by atoms with Crippen molar-refractivity contribution in [2.75, 3.05) is 46.1 Å². The molecule has 0 bridgehead atoms. The number of aliphatic hydroxyl groups excluding tert-OH is 6. The first-order valence-electron chi connectivity index (χ1n) is 48.9. The van der Waals surface area contributed by atoms with Crippen molar-refractivity contribution in [3.8, 4) is 0 Å². The van der Waals surface area contributed by atoms with Crippen LogP contribution in [0.1, 0.15) is 230 Å². The van der Waals surface area contributed by atoms with Gasteiger partial charge in [-0.1, -0.05) is 188 Å². The molecule has 25 N–H and O–H groups in total. The molecule has 0 aromatic heterocycles. The Balaban J connectivity index is 1.79. The van der Waals surface area contributed by atoms with Crippen LogP contribution in [0.15, 0.2) is 60.7 Å². The second kappa shape index (κ2) is 62.6. The summed E-state index contributed by atoms with van der Waals surface area (Å²) in [6.07, 6.45) is 4.38. The molecule has 2 aromatic rings. The van der Waals surface area contributed by atoms with Crippen molar-refractivity contribution in [3.63, 3.8) is 0 Å². The highest BCUT2D eigenvalue weighted by atomic mass is 16.3. The molecule has 4 rings (SSSR count). The van der Waals surface area contributed by atoms with Crippen LogP contribution >= 0.6 is 0 Å². The molecule has 2 aliphatic rings. The lowest BCUT2D eigenvalue weighted by Crippen LogP contribution is -2.63. The predicted molar refractivity (Wildman–Crippen MR) is 514 cm³/mol. The van der Waals surface area contributed by atoms with Gasteiger partial charge in [-0.25, -0.2) is 0 Å². The van der Waals surface area contributed by atoms with E-state index in [4.69, 9.17) is 5.73 Å². The molecule has 0 aliphatic carbocycles. The monoisotopic (exact) mass is 1960 g/mol. The fourth-order valence-corrected chi connectivity index (χ4v) is 15.7. The first-order valence-corrected chi connectivity index (χ1v) is 48.9. The molecule has 0 spiro atoms. The Morgan fingerprint density at radius 2 is 0.885 bits per heavy atom. The van der Waals surface area contributed by atoms with Crippen LogP contribution in [0, 0.1) is 29.6 Å². The van der Waals surface area contributed by atoms with Crippen molar-refractivity contribution >= 4 is 106 Å². The highest BCUT2D eigenvalue weighted by molar-refractivity contribution is 6.02. The number of fused-ring (bicyclic) bond motifs is 1. The third-order valence-electron chi connectivity index (χ3n) is 24.4. The molecule has 20 atom stereocenters. The first-order chi connectivity index (χ1) is 65.9. The quantitative estimate of drug-likeness (QED) is 0.0306. The molecule has 2 heterocycles. The number of carbonyl (C=O) groups is 18. The molecule has 20 unspecified atom stereocenters. The highest BCUT2D eigenvalue weighted by Crippen LogP contribution is 2.23. The van der Waals surface area contributed by atoms with Crippen LogP contribution in [0.25, 0.3) is 0 Å². The Morgan fingerprint density at radius 1 is 0.439 bits per heavy atom. The van der Waals surface area contributed by atoms with Gasteiger partial charge in [0.25, 0.3) is 0 Å². The fourth-order valence-electron chi connectivity index (χ4n) is 15.7. The molecular weight excluding hydrogens is 1800 g/mol. The average molecular weight is 1960 g/mol. The number of hydrogen-bond donors (Lipinski definition) is 24. The maximum atomic E-state index is 15.0. The second-order valence-corrected chi connectivity index (χ2v) is 37.6. The zero-order valence-electron chi connectivity index (χ0n) is 83.0. The Kier molecular flexibility index (Phi) is 54.0. The van der Waals surface area contributed by atoms with Gasteiger partial charge in [0.05, 0.1) is 45.1 Å². The minimum Gasteiger partial charge on any atom is -0.394 e. The SMILES string of the molecule is CCCCCCCCCC(O)CC(=O)NC(Cc1ccccc1)C(=O)NC(C(=O)NC1CCCCNC(=O)C(CO)NC(=O)C(C(C)C)NC(=O)C(C(C)C)NC(=O)C(C)NC(=O)C(Cc2ccccc2)NC(=O)C2CCCN2C(=O)C(C(C)C)NC(=O)C(CO)NC(=O)C(CCCCN)NC(=O)C(CO)NC(=O)C(C(C)O)NC(=O)C(CO)NC(=O)C(CC(C)C)NC(=O)C(C)NC1=O)C(C)CC. The van der Waals surface area contributed by atoms with E-state index in [1.54, 1.807) is 130 Å². The number of nitrogens with one attached hydrogen (secondary N) is 17. The number of rotatable bonds is 35. The summed E-state index contributed by atoms with van der Waals surface area (Å²) in [5.41, 5.74) is 6.97. The summed E-state index contributed by atoms with van der Waals surface area (Å²) in [5, 5.41) is 108. The number of benzene rings is 2. The third kappa shape index (κ3) is 41.1. The van der Waals surface area contributed by atoms with Gasteiger partial charge in [-0.2, -0.15) is 0 Å². The maximum Gasteiger partial charge on any atom is 0.246 e. The number of hydrogen-bond acceptors (Lipinski definition) is 25. The summed E-state index contributed by atoms with van der Waals surface area (Å²) < 4.78 is 0. The lowest BCUT2D eigenvalue weighted by molar-refractivity contribution is -0.143. The Bertz CT molecular complexity index is 4300. The van der Waals surface area contributed by atoms with E-state index in [-0.39, 0.29) is 103 Å². The number of nitrogens with zero attached hydrogens (tertiary/aromatic N) is 1. The third-order valence-corrected chi connectivity index (χ3v) is 24.4. The van der Waals surface area contributed by atoms with Gasteiger partial charge in [0, 0.05) is 25.9 Å². The molecule has 0 saturated carbocycles. The number of nitrogens with two attached hydrogens (primary N) is 1. The van der Waals surface area contributed by atoms with Crippen molar-refractivity contribution in [2.24, 2.45) is 35.3 Å². The van der Waals surface area contributed by atoms with Gasteiger partial charge in [0.15, 0.2) is 0 Å². The van der Waals surface area contributed by atoms with E-state index in [1.165, 1.54) is 18.7 Å². The fraction of sp³-hybridized carbons (Fsp3) is 0.688. The van der Waals surface area contributed by atoms with Gasteiger partial charge in [-0.3, -0.25) is 86.3 Å². The predicted octanol–water partition coefficient (Wildman–Crippen LogP) is -3.01. The van der Waals surface area contributed by atoms with E-state index >= 15 is 0 Å². The molecule has 780 valence electrons. The van der Waals surface area contributed by atoms with Gasteiger partial charge in [-0.05, 0) is 132 Å². The van der Waals surface area contributed by atoms with E-state index in [9.17, 15) is 117 Å². The summed E-state index contributed by atoms with van der Waals surface area (Å²) in [7, 11) is 0. The first kappa shape index (κ1) is 120. The van der Waals surface area contributed by atoms with Gasteiger partial charge < -0.3 is 132 Å². The lowest BCUT2D eigenvalue weighted by atomic mass is 9.96. The van der Waals surface area contributed by atoms with Crippen LogP contribution in [0.2, 0.25) is 0 Å². The van der Waals surface area contributed by atoms with Crippen LogP contribution in [-0.4, -0.2) is 303 Å². The van der Waals surface area contributed by atoms with Gasteiger partial charge in [0.2, 0.25) is 106 Å². The molecule has 2 fully saturated rings. The molecule has 139 heavy (non-hydrogen) atoms. The van der Waals surface area contributed by atoms with Gasteiger partial charge in [-0.15, -0.1) is 0 Å². The largest absolute Gasteiger partial charge is 0.394 e. The summed E-state index contributed by atoms with van der Waals surface area (Å²) >= 11 is 0. The van der Waals surface area contributed by atoms with Crippen LogP contribution in [0.5, 0.6) is 0 Å². The number of carbonyl (C=O) groups excluding carboxylic acids is 18. The Hall–Kier alpha value is -11.4. The Morgan fingerprint density at radius 3 is 1.42 bits per heavy atom. The topological polar surface area (TPSA) is 662 Å². The minimum atomic E-state index is -2.02. The van der Waals surface area contributed by atoms with Crippen LogP contribution < -0.4 is 96.1 Å². The summed E-state index contributed by atoms with van der Waals surface area (Å²) in [6, 6.07) is -9.50. The van der Waals surface area contributed by atoms with Crippen LogP contribution in [0.3, 0.4) is 0 Å². The summed E-state index contributed by atoms with van der Waals surface area (Å²) in [6.45, 7) is 17.5. The summed E-state index contributed by atoms with van der Waals surface area (Å²) in [4.78, 5) is 260. The number of unbranched alkanes of at least 4 members (excludes halogenated alkanes) is 7. The Labute approximate surface area is 814 Å². The van der Waals surface area contributed by atoms with E-state index in [2.05, 4.69) is 97.3 Å². The van der Waals surface area contributed by atoms with Crippen LogP contribution in [0.4, 0.5) is 0 Å². The van der Waals surface area contributed by atoms with Crippen molar-refractivity contribution in [3.05, 3.63) is 71.8 Å². The van der Waals surface area contributed by atoms with E-state index < -0.39 is 277 Å². The zero-order valence-corrected chi connectivity index (χ0v) is 83.0. The highest BCUT2D eigenvalue weighted by Gasteiger charge is 2.44. The molecule has 2 aliphatic heterocycles. The van der Waals surface area contributed by atoms with Crippen molar-refractivity contribution in [1.82, 2.24) is 95.3 Å². The van der Waals surface area contributed by atoms with Gasteiger partial charge in [0.1, 0.15) is 103 Å². The van der Waals surface area contributed by atoms with Crippen LogP contribution in [-0.2, 0) is 99.1 Å². The average Bonchev–Trinajstić information content (AvgIpc) is 1.75. The second-order valence-electron chi connectivity index (χ2n) is 37.6. The normalized spacial score (nSPS) is 25.3. The lowest BCUT2D eigenvalue weighted by Gasteiger charge is -2.32.